The van der Waals surface area contributed by atoms with Crippen molar-refractivity contribution >= 4 is 0 Å². The second-order valence-corrected chi connectivity index (χ2v) is 7.91. The summed E-state index contributed by atoms with van der Waals surface area (Å²) in [6, 6.07) is -2.57. The van der Waals surface area contributed by atoms with Gasteiger partial charge in [-0.3, -0.25) is 0 Å². The van der Waals surface area contributed by atoms with Crippen LogP contribution in [0.5, 0.6) is 0 Å². The second-order valence-electron chi connectivity index (χ2n) is 7.91. The quantitative estimate of drug-likeness (QED) is 0.272. The van der Waals surface area contributed by atoms with Gasteiger partial charge in [0.2, 0.25) is 0 Å². The van der Waals surface area contributed by atoms with Gasteiger partial charge in [-0.15, -0.1) is 0 Å². The zero-order chi connectivity index (χ0) is 30.0. The average molecular weight is 585 g/mol. The van der Waals surface area contributed by atoms with Crippen LogP contribution in [0.1, 0.15) is 36.6 Å². The molecule has 0 aliphatic heterocycles. The van der Waals surface area contributed by atoms with E-state index >= 15 is 0 Å². The van der Waals surface area contributed by atoms with E-state index in [1.165, 1.54) is 0 Å². The molecule has 0 amide bonds. The molecule has 0 heterocycles. The fourth-order valence-electron chi connectivity index (χ4n) is 2.73. The maximum atomic E-state index is 14.5. The summed E-state index contributed by atoms with van der Waals surface area (Å²) >= 11 is 0. The normalized spacial score (nSPS) is 16.4. The third kappa shape index (κ3) is 4.79. The number of hydrogen-bond acceptors (Lipinski definition) is 0. The molecule has 1 unspecified atom stereocenters. The van der Waals surface area contributed by atoms with Crippen LogP contribution in [-0.2, 0) is 17.0 Å². The molecule has 1 nitrogen and oxygen atoms in total. The van der Waals surface area contributed by atoms with E-state index in [9.17, 15) is 84.1 Å². The second kappa shape index (κ2) is 9.00. The standard InChI is InChI=1S/C18H11F18O/c1-6(2)10(37)8-4-3-7(11(19,20)13(23,24)15(27,28)17(31,32)33)5-9(8)12(21,22)14(25,26)16(29,30)18(34,35)36/h3-6,10H,1-2H3. The molecular formula is C18H11F18O. The molecule has 0 fully saturated rings. The zero-order valence-corrected chi connectivity index (χ0v) is 17.6. The lowest BCUT2D eigenvalue weighted by molar-refractivity contribution is -0.400. The lowest BCUT2D eigenvalue weighted by atomic mass is 9.85. The number of benzene rings is 1. The number of rotatable bonds is 8. The van der Waals surface area contributed by atoms with Gasteiger partial charge in [-0.25, -0.2) is 5.11 Å². The smallest absolute Gasteiger partial charge is 0.228 e. The first kappa shape index (κ1) is 32.9. The minimum absolute atomic E-state index is 0.492. The number of alkyl halides is 18. The van der Waals surface area contributed by atoms with Gasteiger partial charge in [0, 0.05) is 11.1 Å². The fraction of sp³-hybridized carbons (Fsp3) is 0.667. The molecule has 0 aliphatic carbocycles. The Morgan fingerprint density at radius 1 is 0.541 bits per heavy atom. The van der Waals surface area contributed by atoms with Crippen LogP contribution in [0.25, 0.3) is 0 Å². The zero-order valence-electron chi connectivity index (χ0n) is 17.6. The van der Waals surface area contributed by atoms with Crippen molar-refractivity contribution in [2.24, 2.45) is 5.92 Å². The van der Waals surface area contributed by atoms with Gasteiger partial charge >= 0.3 is 47.9 Å². The van der Waals surface area contributed by atoms with E-state index in [1.54, 1.807) is 0 Å². The van der Waals surface area contributed by atoms with Crippen LogP contribution < -0.4 is 0 Å². The van der Waals surface area contributed by atoms with Crippen molar-refractivity contribution < 1.29 is 84.1 Å². The Kier molecular flexibility index (Phi) is 8.01. The molecule has 0 saturated carbocycles. The minimum Gasteiger partial charge on any atom is -0.228 e. The summed E-state index contributed by atoms with van der Waals surface area (Å²) in [4.78, 5) is 0. The van der Waals surface area contributed by atoms with Crippen molar-refractivity contribution in [1.82, 2.24) is 0 Å². The predicted molar refractivity (Wildman–Crippen MR) is 84.4 cm³/mol. The fourth-order valence-corrected chi connectivity index (χ4v) is 2.73. The lowest BCUT2D eigenvalue weighted by Crippen LogP contribution is -2.60. The molecule has 0 bridgehead atoms. The molecule has 0 aromatic heterocycles. The molecule has 37 heavy (non-hydrogen) atoms. The van der Waals surface area contributed by atoms with E-state index in [0.29, 0.717) is 0 Å². The molecule has 1 rings (SSSR count). The molecular weight excluding hydrogens is 574 g/mol. The maximum Gasteiger partial charge on any atom is 0.460 e. The van der Waals surface area contributed by atoms with Crippen LogP contribution in [0.4, 0.5) is 79.0 Å². The van der Waals surface area contributed by atoms with Crippen molar-refractivity contribution in [3.8, 4) is 0 Å². The highest BCUT2D eigenvalue weighted by Crippen LogP contribution is 2.60. The SMILES string of the molecule is CC(C)C([O])c1ccc(C(F)(F)C(F)(F)C(F)(F)C(F)(F)F)cc1C(F)(F)C(F)(F)C(F)(F)C(F)(F)F. The monoisotopic (exact) mass is 585 g/mol. The highest BCUT2D eigenvalue weighted by Gasteiger charge is 2.84. The summed E-state index contributed by atoms with van der Waals surface area (Å²) in [5.41, 5.74) is -8.18. The summed E-state index contributed by atoms with van der Waals surface area (Å²) < 4.78 is 239. The first-order chi connectivity index (χ1) is 15.9. The third-order valence-corrected chi connectivity index (χ3v) is 4.96. The number of hydrogen-bond donors (Lipinski definition) is 0. The molecule has 0 spiro atoms. The van der Waals surface area contributed by atoms with Gasteiger partial charge in [0.1, 0.15) is 6.10 Å². The maximum absolute atomic E-state index is 14.5. The summed E-state index contributed by atoms with van der Waals surface area (Å²) in [6.45, 7) is 1.62. The third-order valence-electron chi connectivity index (χ3n) is 4.96. The predicted octanol–water partition coefficient (Wildman–Crippen LogP) is 8.66. The molecule has 1 atom stereocenters. The van der Waals surface area contributed by atoms with Crippen molar-refractivity contribution in [3.63, 3.8) is 0 Å². The van der Waals surface area contributed by atoms with Crippen molar-refractivity contribution in [1.29, 1.82) is 0 Å². The van der Waals surface area contributed by atoms with Crippen LogP contribution in [0.3, 0.4) is 0 Å². The summed E-state index contributed by atoms with van der Waals surface area (Å²) in [5.74, 6) is -45.9. The first-order valence-electron chi connectivity index (χ1n) is 9.15. The van der Waals surface area contributed by atoms with Gasteiger partial charge in [0.05, 0.1) is 0 Å². The van der Waals surface area contributed by atoms with Gasteiger partial charge in [-0.05, 0) is 17.5 Å². The van der Waals surface area contributed by atoms with E-state index in [0.717, 1.165) is 13.8 Å². The molecule has 1 aromatic rings. The summed E-state index contributed by atoms with van der Waals surface area (Å²) in [5, 5.41) is 12.1. The average Bonchev–Trinajstić information content (AvgIpc) is 2.70. The highest BCUT2D eigenvalue weighted by atomic mass is 19.4. The summed E-state index contributed by atoms with van der Waals surface area (Å²) in [6.07, 6.45) is -17.7. The minimum atomic E-state index is -7.66. The van der Waals surface area contributed by atoms with Crippen LogP contribution in [0.15, 0.2) is 18.2 Å². The van der Waals surface area contributed by atoms with E-state index in [4.69, 9.17) is 0 Å². The van der Waals surface area contributed by atoms with Crippen molar-refractivity contribution in [2.75, 3.05) is 0 Å². The van der Waals surface area contributed by atoms with Crippen LogP contribution in [-0.4, -0.2) is 36.0 Å². The Morgan fingerprint density at radius 2 is 0.892 bits per heavy atom. The van der Waals surface area contributed by atoms with E-state index in [-0.39, 0.29) is 0 Å². The van der Waals surface area contributed by atoms with Gasteiger partial charge in [0.25, 0.3) is 0 Å². The number of halogens is 18. The molecule has 0 aliphatic rings. The topological polar surface area (TPSA) is 19.9 Å². The van der Waals surface area contributed by atoms with Gasteiger partial charge in [-0.1, -0.05) is 26.0 Å². The van der Waals surface area contributed by atoms with Gasteiger partial charge < -0.3 is 0 Å². The van der Waals surface area contributed by atoms with E-state index < -0.39 is 94.8 Å². The van der Waals surface area contributed by atoms with Crippen molar-refractivity contribution in [3.05, 3.63) is 34.9 Å². The molecule has 215 valence electrons. The summed E-state index contributed by atoms with van der Waals surface area (Å²) in [7, 11) is 0. The molecule has 1 aromatic carbocycles. The van der Waals surface area contributed by atoms with Crippen molar-refractivity contribution in [2.45, 2.75) is 67.8 Å². The Labute approximate surface area is 194 Å². The van der Waals surface area contributed by atoms with Gasteiger partial charge in [-0.2, -0.15) is 79.0 Å². The van der Waals surface area contributed by atoms with Crippen LogP contribution >= 0.6 is 0 Å². The molecule has 19 heteroatoms. The van der Waals surface area contributed by atoms with Gasteiger partial charge in [0.15, 0.2) is 0 Å². The molecule has 0 N–H and O–H groups in total. The Morgan fingerprint density at radius 3 is 1.22 bits per heavy atom. The largest absolute Gasteiger partial charge is 0.460 e. The van der Waals surface area contributed by atoms with E-state index in [1.807, 2.05) is 0 Å². The lowest BCUT2D eigenvalue weighted by Gasteiger charge is -2.36. The molecule has 0 saturated heterocycles. The first-order valence-corrected chi connectivity index (χ1v) is 9.15. The highest BCUT2D eigenvalue weighted by molar-refractivity contribution is 5.41. The van der Waals surface area contributed by atoms with Crippen LogP contribution in [0, 0.1) is 5.92 Å². The Hall–Kier alpha value is -2.08. The molecule has 1 radical (unpaired) electrons. The van der Waals surface area contributed by atoms with E-state index in [2.05, 4.69) is 0 Å². The Balaban J connectivity index is 4.07. The van der Waals surface area contributed by atoms with Crippen LogP contribution in [0.2, 0.25) is 0 Å². The Bertz CT molecular complexity index is 972.